The molecule has 1 rings (SSSR count). The van der Waals surface area contributed by atoms with E-state index in [0.29, 0.717) is 12.0 Å². The molecular formula is C26H41N3O6S. The number of benzene rings is 1. The number of hydrogen-bond donors (Lipinski definition) is 3. The normalized spacial score (nSPS) is 13.3. The lowest BCUT2D eigenvalue weighted by molar-refractivity contribution is -0.149. The molecule has 0 aromatic heterocycles. The molecule has 2 atom stereocenters. The van der Waals surface area contributed by atoms with E-state index in [4.69, 9.17) is 4.74 Å². The first-order valence-corrected chi connectivity index (χ1v) is 12.6. The Labute approximate surface area is 220 Å². The Morgan fingerprint density at radius 1 is 1.06 bits per heavy atom. The topological polar surface area (TPSA) is 114 Å². The number of nitrogens with zero attached hydrogens (tertiary/aromatic N) is 1. The first-order valence-electron chi connectivity index (χ1n) is 11.9. The predicted octanol–water partition coefficient (Wildman–Crippen LogP) is 3.47. The maximum Gasteiger partial charge on any atom is 0.408 e. The molecule has 0 aliphatic rings. The number of methoxy groups -OCH3 is 1. The van der Waals surface area contributed by atoms with Gasteiger partial charge < -0.3 is 25.0 Å². The number of hydrogen-bond acceptors (Lipinski definition) is 7. The number of esters is 1. The molecule has 2 unspecified atom stereocenters. The molecule has 1 aromatic rings. The first-order chi connectivity index (χ1) is 16.6. The summed E-state index contributed by atoms with van der Waals surface area (Å²) in [5.74, 6) is -1.68. The predicted molar refractivity (Wildman–Crippen MR) is 142 cm³/mol. The monoisotopic (exact) mass is 523 g/mol. The third-order valence-electron chi connectivity index (χ3n) is 5.91. The summed E-state index contributed by atoms with van der Waals surface area (Å²) in [6.07, 6.45) is -0.252. The van der Waals surface area contributed by atoms with E-state index in [1.165, 1.54) is 12.0 Å². The zero-order valence-electron chi connectivity index (χ0n) is 22.9. The molecule has 0 radical (unpaired) electrons. The average Bonchev–Trinajstić information content (AvgIpc) is 2.79. The number of nitrogens with one attached hydrogen (secondary N) is 2. The molecule has 202 valence electrons. The van der Waals surface area contributed by atoms with E-state index in [1.54, 1.807) is 26.8 Å². The highest BCUT2D eigenvalue weighted by molar-refractivity contribution is 7.80. The molecule has 9 nitrogen and oxygen atoms in total. The number of aryl methyl sites for hydroxylation is 2. The molecule has 0 fully saturated rings. The largest absolute Gasteiger partial charge is 0.468 e. The van der Waals surface area contributed by atoms with Gasteiger partial charge in [0.25, 0.3) is 0 Å². The lowest BCUT2D eigenvalue weighted by Crippen LogP contribution is -2.60. The van der Waals surface area contributed by atoms with Crippen LogP contribution in [0.2, 0.25) is 0 Å². The Hall–Kier alpha value is -2.75. The fourth-order valence-electron chi connectivity index (χ4n) is 3.43. The summed E-state index contributed by atoms with van der Waals surface area (Å²) in [7, 11) is 1.23. The van der Waals surface area contributed by atoms with Crippen molar-refractivity contribution in [2.24, 2.45) is 0 Å². The van der Waals surface area contributed by atoms with Crippen LogP contribution in [-0.4, -0.2) is 65.4 Å². The number of thiol groups is 1. The summed E-state index contributed by atoms with van der Waals surface area (Å²) >= 11 is 4.30. The van der Waals surface area contributed by atoms with Crippen LogP contribution in [0.1, 0.15) is 70.7 Å². The highest BCUT2D eigenvalue weighted by Crippen LogP contribution is 2.33. The second kappa shape index (κ2) is 13.0. The summed E-state index contributed by atoms with van der Waals surface area (Å²) in [6.45, 7) is 14.3. The van der Waals surface area contributed by atoms with Crippen LogP contribution in [0, 0.1) is 13.8 Å². The zero-order valence-corrected chi connectivity index (χ0v) is 23.7. The highest BCUT2D eigenvalue weighted by Gasteiger charge is 2.43. The van der Waals surface area contributed by atoms with Gasteiger partial charge in [-0.1, -0.05) is 25.1 Å². The number of alkyl carbamates (subject to hydrolysis) is 1. The van der Waals surface area contributed by atoms with E-state index in [1.807, 2.05) is 46.8 Å². The Morgan fingerprint density at radius 2 is 1.67 bits per heavy atom. The summed E-state index contributed by atoms with van der Waals surface area (Å²) in [6, 6.07) is 3.37. The number of carbonyl (C=O) groups excluding carboxylic acids is 4. The molecule has 0 bridgehead atoms. The number of rotatable bonds is 10. The van der Waals surface area contributed by atoms with Crippen molar-refractivity contribution in [2.75, 3.05) is 19.4 Å². The second-order valence-corrected chi connectivity index (χ2v) is 10.7. The van der Waals surface area contributed by atoms with Gasteiger partial charge in [-0.25, -0.2) is 4.79 Å². The number of ether oxygens (including phenoxy) is 2. The average molecular weight is 524 g/mol. The maximum atomic E-state index is 14.0. The van der Waals surface area contributed by atoms with Gasteiger partial charge in [0, 0.05) is 11.3 Å². The van der Waals surface area contributed by atoms with Gasteiger partial charge in [-0.2, -0.15) is 12.6 Å². The summed E-state index contributed by atoms with van der Waals surface area (Å²) in [5, 5.41) is 5.18. The smallest absolute Gasteiger partial charge is 0.408 e. The van der Waals surface area contributed by atoms with Crippen molar-refractivity contribution in [3.05, 3.63) is 34.9 Å². The van der Waals surface area contributed by atoms with Crippen molar-refractivity contribution in [1.29, 1.82) is 0 Å². The van der Waals surface area contributed by atoms with Gasteiger partial charge in [0.15, 0.2) is 0 Å². The van der Waals surface area contributed by atoms with Gasteiger partial charge >= 0.3 is 12.1 Å². The van der Waals surface area contributed by atoms with Crippen molar-refractivity contribution >= 4 is 36.5 Å². The van der Waals surface area contributed by atoms with Crippen molar-refractivity contribution in [3.8, 4) is 0 Å². The molecule has 0 saturated heterocycles. The second-order valence-electron chi connectivity index (χ2n) is 10.3. The number of amides is 3. The minimum absolute atomic E-state index is 0.0161. The van der Waals surface area contributed by atoms with E-state index in [0.717, 1.165) is 11.1 Å². The summed E-state index contributed by atoms with van der Waals surface area (Å²) in [5.41, 5.74) is 0.981. The van der Waals surface area contributed by atoms with Gasteiger partial charge in [-0.3, -0.25) is 14.4 Å². The molecule has 0 heterocycles. The van der Waals surface area contributed by atoms with Crippen LogP contribution in [0.5, 0.6) is 0 Å². The van der Waals surface area contributed by atoms with E-state index in [-0.39, 0.29) is 12.3 Å². The first kappa shape index (κ1) is 31.3. The molecular weight excluding hydrogens is 482 g/mol. The van der Waals surface area contributed by atoms with Crippen LogP contribution >= 0.6 is 12.6 Å². The van der Waals surface area contributed by atoms with Gasteiger partial charge in [0.2, 0.25) is 11.8 Å². The SMILES string of the molecule is CCC(C)(C)N(C(=O)C(CS)NC(=O)OC(C)(C)C)C(C(=O)NCC(=O)OC)c1ccc(C)c(C)c1. The van der Waals surface area contributed by atoms with Crippen LogP contribution in [0.15, 0.2) is 18.2 Å². The molecule has 10 heteroatoms. The van der Waals surface area contributed by atoms with Crippen LogP contribution in [0.4, 0.5) is 4.79 Å². The molecule has 0 saturated carbocycles. The van der Waals surface area contributed by atoms with Crippen LogP contribution in [-0.2, 0) is 23.9 Å². The van der Waals surface area contributed by atoms with E-state index in [9.17, 15) is 19.2 Å². The standard InChI is InChI=1S/C26H41N3O6S/c1-10-26(7,8)29(23(32)19(15-36)28-24(33)35-25(4,5)6)21(22(31)27-14-20(30)34-9)18-12-11-16(2)17(3)13-18/h11-13,19,21,36H,10,14-15H2,1-9H3,(H,27,31)(H,28,33). The lowest BCUT2D eigenvalue weighted by Gasteiger charge is -2.44. The minimum atomic E-state index is -1.08. The van der Waals surface area contributed by atoms with E-state index < -0.39 is 47.1 Å². The fraction of sp³-hybridized carbons (Fsp3) is 0.615. The summed E-state index contributed by atoms with van der Waals surface area (Å²) < 4.78 is 9.98. The van der Waals surface area contributed by atoms with E-state index in [2.05, 4.69) is 28.0 Å². The minimum Gasteiger partial charge on any atom is -0.468 e. The van der Waals surface area contributed by atoms with Gasteiger partial charge in [0.1, 0.15) is 24.2 Å². The van der Waals surface area contributed by atoms with Crippen molar-refractivity contribution in [3.63, 3.8) is 0 Å². The Balaban J connectivity index is 3.58. The van der Waals surface area contributed by atoms with Gasteiger partial charge in [-0.05, 0) is 71.6 Å². The van der Waals surface area contributed by atoms with E-state index >= 15 is 0 Å². The van der Waals surface area contributed by atoms with Crippen LogP contribution in [0.3, 0.4) is 0 Å². The highest BCUT2D eigenvalue weighted by atomic mass is 32.1. The Bertz CT molecular complexity index is 957. The number of carbonyl (C=O) groups is 4. The van der Waals surface area contributed by atoms with Gasteiger partial charge in [0.05, 0.1) is 7.11 Å². The van der Waals surface area contributed by atoms with Crippen molar-refractivity contribution < 1.29 is 28.7 Å². The quantitative estimate of drug-likeness (QED) is 0.320. The zero-order chi connectivity index (χ0) is 27.8. The van der Waals surface area contributed by atoms with Crippen LogP contribution in [0.25, 0.3) is 0 Å². The molecule has 0 aliphatic carbocycles. The molecule has 3 amide bonds. The van der Waals surface area contributed by atoms with Crippen molar-refractivity contribution in [2.45, 2.75) is 85.0 Å². The third kappa shape index (κ3) is 8.72. The Kier molecular flexibility index (Phi) is 11.3. The van der Waals surface area contributed by atoms with Crippen LogP contribution < -0.4 is 10.6 Å². The Morgan fingerprint density at radius 3 is 2.14 bits per heavy atom. The maximum absolute atomic E-state index is 14.0. The third-order valence-corrected chi connectivity index (χ3v) is 6.28. The summed E-state index contributed by atoms with van der Waals surface area (Å²) in [4.78, 5) is 53.2. The molecule has 0 spiro atoms. The fourth-order valence-corrected chi connectivity index (χ4v) is 3.68. The lowest BCUT2D eigenvalue weighted by atomic mass is 9.91. The van der Waals surface area contributed by atoms with Gasteiger partial charge in [-0.15, -0.1) is 0 Å². The molecule has 36 heavy (non-hydrogen) atoms. The molecule has 0 aliphatic heterocycles. The van der Waals surface area contributed by atoms with Crippen molar-refractivity contribution in [1.82, 2.24) is 15.5 Å². The molecule has 2 N–H and O–H groups in total. The molecule has 1 aromatic carbocycles.